The number of carbonyl (C=O) groups is 2. The summed E-state index contributed by atoms with van der Waals surface area (Å²) in [6.45, 7) is 3.08. The molecule has 4 rings (SSSR count). The van der Waals surface area contributed by atoms with Gasteiger partial charge in [-0.15, -0.1) is 0 Å². The van der Waals surface area contributed by atoms with Crippen molar-refractivity contribution in [2.24, 2.45) is 5.73 Å². The van der Waals surface area contributed by atoms with Crippen LogP contribution in [0, 0.1) is 0 Å². The Labute approximate surface area is 207 Å². The number of nitrogens with two attached hydrogens (primary N) is 1. The lowest BCUT2D eigenvalue weighted by Crippen LogP contribution is -2.61. The minimum atomic E-state index is -0.848. The Morgan fingerprint density at radius 2 is 1.76 bits per heavy atom. The number of likely N-dealkylation sites (N-methyl/N-ethyl adjacent to an activating group) is 1. The molecular formula is C24H25Cl2N5O3. The smallest absolute Gasteiger partial charge is 0.278 e. The zero-order valence-electron chi connectivity index (χ0n) is 18.6. The molecule has 0 atom stereocenters. The number of aromatic hydroxyl groups is 1. The van der Waals surface area contributed by atoms with Crippen LogP contribution in [0.25, 0.3) is 16.9 Å². The van der Waals surface area contributed by atoms with Crippen molar-refractivity contribution in [1.29, 1.82) is 0 Å². The average Bonchev–Trinajstić information content (AvgIpc) is 3.16. The standard InChI is InChI=1S/C24H25Cl2N5O3/c1-2-28-24(23(27)34)11-13-30(14-12-24)22(33)19-21(32)20(15-7-9-16(25)10-8-15)31(29-19)18-6-4-3-5-17(18)26/h3-10,28,32H,2,11-14H2,1H3,(H2,27,34). The lowest BCUT2D eigenvalue weighted by atomic mass is 9.86. The lowest BCUT2D eigenvalue weighted by molar-refractivity contribution is -0.126. The molecule has 1 saturated heterocycles. The fraction of sp³-hybridized carbons (Fsp3) is 0.292. The van der Waals surface area contributed by atoms with Gasteiger partial charge >= 0.3 is 0 Å². The number of primary amides is 1. The summed E-state index contributed by atoms with van der Waals surface area (Å²) in [5, 5.41) is 19.8. The van der Waals surface area contributed by atoms with Crippen LogP contribution in [-0.4, -0.2) is 56.8 Å². The maximum Gasteiger partial charge on any atom is 0.278 e. The molecule has 0 aliphatic carbocycles. The second kappa shape index (κ2) is 9.66. The molecule has 2 aromatic carbocycles. The van der Waals surface area contributed by atoms with E-state index in [4.69, 9.17) is 28.9 Å². The molecule has 1 aliphatic rings. The van der Waals surface area contributed by atoms with Crippen LogP contribution in [0.4, 0.5) is 0 Å². The van der Waals surface area contributed by atoms with Gasteiger partial charge in [0.05, 0.1) is 10.7 Å². The van der Waals surface area contributed by atoms with Crippen LogP contribution in [0.5, 0.6) is 5.75 Å². The summed E-state index contributed by atoms with van der Waals surface area (Å²) in [6.07, 6.45) is 0.746. The topological polar surface area (TPSA) is 113 Å². The summed E-state index contributed by atoms with van der Waals surface area (Å²) < 4.78 is 1.46. The summed E-state index contributed by atoms with van der Waals surface area (Å²) in [7, 11) is 0. The highest BCUT2D eigenvalue weighted by Gasteiger charge is 2.41. The summed E-state index contributed by atoms with van der Waals surface area (Å²) >= 11 is 12.5. The Bertz CT molecular complexity index is 1220. The van der Waals surface area contributed by atoms with E-state index in [0.717, 1.165) is 0 Å². The largest absolute Gasteiger partial charge is 0.504 e. The number of hydrogen-bond donors (Lipinski definition) is 3. The van der Waals surface area contributed by atoms with Crippen LogP contribution in [-0.2, 0) is 4.79 Å². The maximum atomic E-state index is 13.4. The monoisotopic (exact) mass is 501 g/mol. The van der Waals surface area contributed by atoms with Crippen LogP contribution < -0.4 is 11.1 Å². The molecule has 10 heteroatoms. The maximum absolute atomic E-state index is 13.4. The number of nitrogens with zero attached hydrogens (tertiary/aromatic N) is 3. The molecule has 1 fully saturated rings. The molecule has 8 nitrogen and oxygen atoms in total. The van der Waals surface area contributed by atoms with Crippen molar-refractivity contribution in [3.8, 4) is 22.7 Å². The molecule has 0 bridgehead atoms. The number of likely N-dealkylation sites (tertiary alicyclic amines) is 1. The summed E-state index contributed by atoms with van der Waals surface area (Å²) in [5.41, 5.74) is 6.15. The number of rotatable bonds is 6. The van der Waals surface area contributed by atoms with Gasteiger partial charge in [0, 0.05) is 23.7 Å². The molecular weight excluding hydrogens is 477 g/mol. The zero-order chi connectivity index (χ0) is 24.5. The van der Waals surface area contributed by atoms with Crippen molar-refractivity contribution < 1.29 is 14.7 Å². The molecule has 0 radical (unpaired) electrons. The van der Waals surface area contributed by atoms with Gasteiger partial charge in [0.25, 0.3) is 5.91 Å². The lowest BCUT2D eigenvalue weighted by Gasteiger charge is -2.39. The second-order valence-corrected chi connectivity index (χ2v) is 9.03. The number of nitrogens with one attached hydrogen (secondary N) is 1. The highest BCUT2D eigenvalue weighted by atomic mass is 35.5. The first-order valence-electron chi connectivity index (χ1n) is 10.9. The van der Waals surface area contributed by atoms with Crippen LogP contribution in [0.3, 0.4) is 0 Å². The average molecular weight is 502 g/mol. The van der Waals surface area contributed by atoms with Crippen molar-refractivity contribution in [2.75, 3.05) is 19.6 Å². The van der Waals surface area contributed by atoms with Gasteiger partial charge in [-0.2, -0.15) is 5.10 Å². The molecule has 0 spiro atoms. The SMILES string of the molecule is CCNC1(C(N)=O)CCN(C(=O)c2nn(-c3ccccc3Cl)c(-c3ccc(Cl)cc3)c2O)CC1. The molecule has 34 heavy (non-hydrogen) atoms. The molecule has 2 amide bonds. The van der Waals surface area contributed by atoms with Gasteiger partial charge < -0.3 is 21.1 Å². The van der Waals surface area contributed by atoms with Gasteiger partial charge in [0.2, 0.25) is 5.91 Å². The van der Waals surface area contributed by atoms with Crippen molar-refractivity contribution in [3.63, 3.8) is 0 Å². The van der Waals surface area contributed by atoms with E-state index in [2.05, 4.69) is 10.4 Å². The van der Waals surface area contributed by atoms with E-state index >= 15 is 0 Å². The number of halogens is 2. The number of hydrogen-bond acceptors (Lipinski definition) is 5. The minimum absolute atomic E-state index is 0.0973. The zero-order valence-corrected chi connectivity index (χ0v) is 20.1. The number of para-hydroxylation sites is 1. The number of benzene rings is 2. The van der Waals surface area contributed by atoms with E-state index in [0.29, 0.717) is 59.5 Å². The van der Waals surface area contributed by atoms with Gasteiger partial charge in [-0.3, -0.25) is 9.59 Å². The Hall–Kier alpha value is -3.07. The molecule has 3 aromatic rings. The Morgan fingerprint density at radius 1 is 1.12 bits per heavy atom. The highest BCUT2D eigenvalue weighted by Crippen LogP contribution is 2.37. The fourth-order valence-electron chi connectivity index (χ4n) is 4.31. The molecule has 0 unspecified atom stereocenters. The molecule has 0 saturated carbocycles. The fourth-order valence-corrected chi connectivity index (χ4v) is 4.65. The van der Waals surface area contributed by atoms with Crippen LogP contribution >= 0.6 is 23.2 Å². The van der Waals surface area contributed by atoms with E-state index in [9.17, 15) is 14.7 Å². The Balaban J connectivity index is 1.73. The third kappa shape index (κ3) is 4.36. The molecule has 1 aliphatic heterocycles. The molecule has 4 N–H and O–H groups in total. The summed E-state index contributed by atoms with van der Waals surface area (Å²) in [6, 6.07) is 13.9. The number of amides is 2. The highest BCUT2D eigenvalue weighted by molar-refractivity contribution is 6.32. The molecule has 178 valence electrons. The predicted molar refractivity (Wildman–Crippen MR) is 131 cm³/mol. The van der Waals surface area contributed by atoms with Crippen molar-refractivity contribution in [2.45, 2.75) is 25.3 Å². The van der Waals surface area contributed by atoms with Crippen LogP contribution in [0.1, 0.15) is 30.3 Å². The Kier molecular flexibility index (Phi) is 6.84. The first kappa shape index (κ1) is 24.1. The predicted octanol–water partition coefficient (Wildman–Crippen LogP) is 3.62. The van der Waals surface area contributed by atoms with Crippen LogP contribution in [0.15, 0.2) is 48.5 Å². The van der Waals surface area contributed by atoms with Gasteiger partial charge in [0.1, 0.15) is 11.2 Å². The third-order valence-corrected chi connectivity index (χ3v) is 6.72. The molecule has 2 heterocycles. The van der Waals surface area contributed by atoms with Gasteiger partial charge in [0.15, 0.2) is 11.4 Å². The van der Waals surface area contributed by atoms with Crippen molar-refractivity contribution >= 4 is 35.0 Å². The number of aromatic nitrogens is 2. The number of piperidine rings is 1. The van der Waals surface area contributed by atoms with E-state index in [-0.39, 0.29) is 11.4 Å². The summed E-state index contributed by atoms with van der Waals surface area (Å²) in [4.78, 5) is 27.1. The van der Waals surface area contributed by atoms with Gasteiger partial charge in [-0.25, -0.2) is 4.68 Å². The van der Waals surface area contributed by atoms with E-state index in [1.807, 2.05) is 6.92 Å². The Morgan fingerprint density at radius 3 is 2.35 bits per heavy atom. The van der Waals surface area contributed by atoms with Crippen molar-refractivity contribution in [3.05, 3.63) is 64.3 Å². The first-order chi connectivity index (χ1) is 16.3. The van der Waals surface area contributed by atoms with Crippen molar-refractivity contribution in [1.82, 2.24) is 20.0 Å². The number of carbonyl (C=O) groups excluding carboxylic acids is 2. The van der Waals surface area contributed by atoms with Gasteiger partial charge in [-0.05, 0) is 43.7 Å². The second-order valence-electron chi connectivity index (χ2n) is 8.18. The minimum Gasteiger partial charge on any atom is -0.504 e. The third-order valence-electron chi connectivity index (χ3n) is 6.15. The van der Waals surface area contributed by atoms with E-state index in [1.165, 1.54) is 4.68 Å². The quantitative estimate of drug-likeness (QED) is 0.477. The van der Waals surface area contributed by atoms with Crippen LogP contribution in [0.2, 0.25) is 10.0 Å². The van der Waals surface area contributed by atoms with E-state index < -0.39 is 17.4 Å². The van der Waals surface area contributed by atoms with E-state index in [1.54, 1.807) is 53.4 Å². The molecule has 1 aromatic heterocycles. The normalized spacial score (nSPS) is 15.3. The summed E-state index contributed by atoms with van der Waals surface area (Å²) in [5.74, 6) is -1.13. The first-order valence-corrected chi connectivity index (χ1v) is 11.7. The van der Waals surface area contributed by atoms with Gasteiger partial charge in [-0.1, -0.05) is 54.4 Å².